The molecule has 0 unspecified atom stereocenters. The number of amides is 1. The maximum Gasteiger partial charge on any atom is 0.316 e. The van der Waals surface area contributed by atoms with Crippen molar-refractivity contribution in [1.29, 1.82) is 0 Å². The van der Waals surface area contributed by atoms with Crippen molar-refractivity contribution in [3.05, 3.63) is 70.7 Å². The summed E-state index contributed by atoms with van der Waals surface area (Å²) in [5.74, 6) is -0.653. The minimum atomic E-state index is -0.851. The Balaban J connectivity index is 1.96. The van der Waals surface area contributed by atoms with Gasteiger partial charge in [0.05, 0.1) is 17.6 Å². The smallest absolute Gasteiger partial charge is 0.316 e. The van der Waals surface area contributed by atoms with Gasteiger partial charge in [0, 0.05) is 18.7 Å². The van der Waals surface area contributed by atoms with Gasteiger partial charge in [0.2, 0.25) is 0 Å². The Hall–Kier alpha value is -2.02. The number of benzene rings is 2. The maximum absolute atomic E-state index is 12.2. The fraction of sp³-hybridized carbons (Fsp3) is 0.333. The summed E-state index contributed by atoms with van der Waals surface area (Å²) in [5, 5.41) is 3.27. The first kappa shape index (κ1) is 22.3. The summed E-state index contributed by atoms with van der Waals surface area (Å²) in [5.41, 5.74) is 2.12. The van der Waals surface area contributed by atoms with Crippen LogP contribution in [0.5, 0.6) is 0 Å². The van der Waals surface area contributed by atoms with Crippen LogP contribution < -0.4 is 5.32 Å². The fourth-order valence-electron chi connectivity index (χ4n) is 2.51. The number of carbonyl (C=O) groups excluding carboxylic acids is 2. The van der Waals surface area contributed by atoms with Gasteiger partial charge in [-0.05, 0) is 30.2 Å². The first-order valence-electron chi connectivity index (χ1n) is 8.89. The molecule has 0 aromatic heterocycles. The van der Waals surface area contributed by atoms with E-state index in [1.54, 1.807) is 14.0 Å². The highest BCUT2D eigenvalue weighted by atomic mass is 35.5. The molecule has 1 amide bonds. The van der Waals surface area contributed by atoms with Crippen LogP contribution in [-0.4, -0.2) is 44.0 Å². The Morgan fingerprint density at radius 2 is 1.71 bits per heavy atom. The molecule has 0 aliphatic rings. The molecule has 1 N–H and O–H groups in total. The van der Waals surface area contributed by atoms with E-state index in [0.717, 1.165) is 11.1 Å². The molecule has 2 rings (SSSR count). The Kier molecular flexibility index (Phi) is 9.34. The van der Waals surface area contributed by atoms with Gasteiger partial charge in [-0.1, -0.05) is 54.1 Å². The van der Waals surface area contributed by atoms with Crippen LogP contribution >= 0.6 is 23.4 Å². The van der Waals surface area contributed by atoms with Crippen molar-refractivity contribution in [3.63, 3.8) is 0 Å². The van der Waals surface area contributed by atoms with Gasteiger partial charge in [-0.3, -0.25) is 9.59 Å². The molecule has 28 heavy (non-hydrogen) atoms. The zero-order valence-electron chi connectivity index (χ0n) is 15.9. The number of hydrogen-bond donors (Lipinski definition) is 1. The molecule has 0 aliphatic carbocycles. The number of esters is 1. The zero-order valence-corrected chi connectivity index (χ0v) is 17.5. The van der Waals surface area contributed by atoms with Crippen LogP contribution in [0.3, 0.4) is 0 Å². The number of thioether (sulfide) groups is 1. The summed E-state index contributed by atoms with van der Waals surface area (Å²) in [4.78, 5) is 24.1. The van der Waals surface area contributed by atoms with E-state index in [4.69, 9.17) is 21.1 Å². The lowest BCUT2D eigenvalue weighted by atomic mass is 10.0. The molecule has 5 nitrogen and oxygen atoms in total. The van der Waals surface area contributed by atoms with Crippen LogP contribution in [0, 0.1) is 0 Å². The van der Waals surface area contributed by atoms with Gasteiger partial charge in [-0.15, -0.1) is 11.8 Å². The number of hydrogen-bond acceptors (Lipinski definition) is 5. The monoisotopic (exact) mass is 421 g/mol. The average molecular weight is 422 g/mol. The molecule has 2 aromatic rings. The van der Waals surface area contributed by atoms with Gasteiger partial charge in [0.15, 0.2) is 6.10 Å². The molecule has 7 heteroatoms. The molecule has 0 radical (unpaired) electrons. The third-order valence-electron chi connectivity index (χ3n) is 3.93. The molecule has 0 bridgehead atoms. The van der Waals surface area contributed by atoms with Crippen LogP contribution in [0.4, 0.5) is 0 Å². The van der Waals surface area contributed by atoms with Crippen LogP contribution in [-0.2, 0) is 19.1 Å². The molecule has 0 aliphatic heterocycles. The van der Waals surface area contributed by atoms with E-state index in [1.165, 1.54) is 11.8 Å². The topological polar surface area (TPSA) is 64.6 Å². The lowest BCUT2D eigenvalue weighted by Crippen LogP contribution is -2.37. The van der Waals surface area contributed by atoms with Crippen molar-refractivity contribution >= 4 is 35.2 Å². The van der Waals surface area contributed by atoms with Crippen molar-refractivity contribution in [3.8, 4) is 0 Å². The molecule has 2 atom stereocenters. The van der Waals surface area contributed by atoms with Gasteiger partial charge >= 0.3 is 5.97 Å². The molecular weight excluding hydrogens is 398 g/mol. The van der Waals surface area contributed by atoms with E-state index in [0.29, 0.717) is 18.2 Å². The lowest BCUT2D eigenvalue weighted by Gasteiger charge is -2.18. The van der Waals surface area contributed by atoms with E-state index in [-0.39, 0.29) is 16.9 Å². The Morgan fingerprint density at radius 3 is 2.36 bits per heavy atom. The summed E-state index contributed by atoms with van der Waals surface area (Å²) < 4.78 is 10.1. The second kappa shape index (κ2) is 11.7. The molecule has 0 spiro atoms. The van der Waals surface area contributed by atoms with E-state index in [9.17, 15) is 9.59 Å². The zero-order chi connectivity index (χ0) is 20.4. The van der Waals surface area contributed by atoms with Gasteiger partial charge in [0.25, 0.3) is 5.91 Å². The summed E-state index contributed by atoms with van der Waals surface area (Å²) in [6.07, 6.45) is -0.851. The first-order chi connectivity index (χ1) is 13.5. The number of carbonyl (C=O) groups is 2. The molecule has 0 saturated heterocycles. The van der Waals surface area contributed by atoms with Crippen molar-refractivity contribution in [1.82, 2.24) is 5.32 Å². The summed E-state index contributed by atoms with van der Waals surface area (Å²) in [7, 11) is 1.55. The van der Waals surface area contributed by atoms with Gasteiger partial charge in [0.1, 0.15) is 0 Å². The highest BCUT2D eigenvalue weighted by Crippen LogP contribution is 2.36. The molecule has 0 saturated carbocycles. The molecule has 2 aromatic carbocycles. The quantitative estimate of drug-likeness (QED) is 0.466. The molecule has 150 valence electrons. The van der Waals surface area contributed by atoms with Crippen molar-refractivity contribution in [2.75, 3.05) is 26.0 Å². The number of rotatable bonds is 10. The lowest BCUT2D eigenvalue weighted by molar-refractivity contribution is -0.152. The minimum Gasteiger partial charge on any atom is -0.452 e. The third-order valence-corrected chi connectivity index (χ3v) is 5.46. The molecule has 0 heterocycles. The van der Waals surface area contributed by atoms with Crippen molar-refractivity contribution in [2.24, 2.45) is 0 Å². The van der Waals surface area contributed by atoms with E-state index < -0.39 is 12.1 Å². The van der Waals surface area contributed by atoms with Crippen molar-refractivity contribution in [2.45, 2.75) is 18.3 Å². The minimum absolute atomic E-state index is 0.0446. The summed E-state index contributed by atoms with van der Waals surface area (Å²) in [6, 6.07) is 17.5. The van der Waals surface area contributed by atoms with Gasteiger partial charge < -0.3 is 14.8 Å². The number of nitrogens with one attached hydrogen (secondary N) is 1. The second-order valence-corrected chi connectivity index (χ2v) is 7.60. The Bertz CT molecular complexity index is 755. The highest BCUT2D eigenvalue weighted by Gasteiger charge is 2.20. The normalized spacial score (nSPS) is 12.8. The van der Waals surface area contributed by atoms with Gasteiger partial charge in [-0.2, -0.15) is 0 Å². The largest absolute Gasteiger partial charge is 0.452 e. The summed E-state index contributed by atoms with van der Waals surface area (Å²) in [6.45, 7) is 2.33. The highest BCUT2D eigenvalue weighted by molar-refractivity contribution is 8.00. The first-order valence-corrected chi connectivity index (χ1v) is 10.3. The average Bonchev–Trinajstić information content (AvgIpc) is 2.70. The standard InChI is InChI=1S/C21H24ClNO4S/c1-15(21(25)23-12-13-26-2)27-19(24)14-28-20(16-6-4-3-5-7-16)17-8-10-18(22)11-9-17/h3-11,15,20H,12-14H2,1-2H3,(H,23,25)/t15-,20+/m0/s1. The Labute approximate surface area is 174 Å². The molecular formula is C21H24ClNO4S. The SMILES string of the molecule is COCCNC(=O)[C@H](C)OC(=O)CS[C@H](c1ccccc1)c1ccc(Cl)cc1. The van der Waals surface area contributed by atoms with Crippen LogP contribution in [0.25, 0.3) is 0 Å². The number of halogens is 1. The predicted octanol–water partition coefficient (Wildman–Crippen LogP) is 3.86. The number of methoxy groups -OCH3 is 1. The van der Waals surface area contributed by atoms with Crippen LogP contribution in [0.15, 0.2) is 54.6 Å². The second-order valence-electron chi connectivity index (χ2n) is 6.07. The van der Waals surface area contributed by atoms with E-state index in [1.807, 2.05) is 54.6 Å². The predicted molar refractivity (Wildman–Crippen MR) is 113 cm³/mol. The van der Waals surface area contributed by atoms with Gasteiger partial charge in [-0.25, -0.2) is 0 Å². The molecule has 0 fully saturated rings. The summed E-state index contributed by atoms with van der Waals surface area (Å²) >= 11 is 7.44. The van der Waals surface area contributed by atoms with Crippen molar-refractivity contribution < 1.29 is 19.1 Å². The van der Waals surface area contributed by atoms with E-state index >= 15 is 0 Å². The Morgan fingerprint density at radius 1 is 1.07 bits per heavy atom. The maximum atomic E-state index is 12.2. The number of ether oxygens (including phenoxy) is 2. The van der Waals surface area contributed by atoms with Crippen LogP contribution in [0.2, 0.25) is 5.02 Å². The van der Waals surface area contributed by atoms with E-state index in [2.05, 4.69) is 5.32 Å². The van der Waals surface area contributed by atoms with Crippen LogP contribution in [0.1, 0.15) is 23.3 Å². The fourth-order valence-corrected chi connectivity index (χ4v) is 3.70. The third kappa shape index (κ3) is 7.19.